The van der Waals surface area contributed by atoms with E-state index in [-0.39, 0.29) is 12.1 Å². The van der Waals surface area contributed by atoms with Gasteiger partial charge in [-0.05, 0) is 24.3 Å². The lowest BCUT2D eigenvalue weighted by Gasteiger charge is -2.29. The van der Waals surface area contributed by atoms with E-state index in [1.807, 2.05) is 0 Å². The third kappa shape index (κ3) is 6.56. The van der Waals surface area contributed by atoms with Gasteiger partial charge in [-0.15, -0.1) is 0 Å². The van der Waals surface area contributed by atoms with E-state index >= 15 is 0 Å². The first kappa shape index (κ1) is 20.6. The number of rotatable bonds is 6. The standard InChI is InChI=1S/C15H18F3NO6S/c16-15(17,18)12-3-1-11(2-4-12)14(20)25-13(10-26(21,22)23)9-19-5-7-24-8-6-19/h1-4,13H,5-10H2,(H,21,22,23). The van der Waals surface area contributed by atoms with E-state index in [9.17, 15) is 26.4 Å². The summed E-state index contributed by atoms with van der Waals surface area (Å²) in [6, 6.07) is 3.36. The number of carbonyl (C=O) groups excluding carboxylic acids is 1. The highest BCUT2D eigenvalue weighted by atomic mass is 32.2. The quantitative estimate of drug-likeness (QED) is 0.574. The molecule has 1 heterocycles. The minimum atomic E-state index is -4.54. The molecule has 2 rings (SSSR count). The van der Waals surface area contributed by atoms with Gasteiger partial charge in [-0.1, -0.05) is 0 Å². The largest absolute Gasteiger partial charge is 0.456 e. The molecule has 0 radical (unpaired) electrons. The Kier molecular flexibility index (Phi) is 6.61. The minimum Gasteiger partial charge on any atom is -0.456 e. The molecule has 0 bridgehead atoms. The number of benzene rings is 1. The lowest BCUT2D eigenvalue weighted by atomic mass is 10.1. The fourth-order valence-electron chi connectivity index (χ4n) is 2.45. The van der Waals surface area contributed by atoms with Crippen molar-refractivity contribution in [3.05, 3.63) is 35.4 Å². The van der Waals surface area contributed by atoms with Crippen LogP contribution in [0.4, 0.5) is 13.2 Å². The lowest BCUT2D eigenvalue weighted by molar-refractivity contribution is -0.137. The van der Waals surface area contributed by atoms with Gasteiger partial charge < -0.3 is 9.47 Å². The summed E-state index contributed by atoms with van der Waals surface area (Å²) in [7, 11) is -4.41. The van der Waals surface area contributed by atoms with E-state index in [0.717, 1.165) is 24.3 Å². The number of esters is 1. The average Bonchev–Trinajstić information content (AvgIpc) is 2.53. The molecular weight excluding hydrogens is 379 g/mol. The molecule has 146 valence electrons. The molecule has 0 aliphatic carbocycles. The molecule has 7 nitrogen and oxygen atoms in total. The highest BCUT2D eigenvalue weighted by Crippen LogP contribution is 2.29. The van der Waals surface area contributed by atoms with Crippen LogP contribution in [0.2, 0.25) is 0 Å². The molecule has 1 atom stereocenters. The molecule has 26 heavy (non-hydrogen) atoms. The van der Waals surface area contributed by atoms with Gasteiger partial charge in [0, 0.05) is 19.6 Å². The van der Waals surface area contributed by atoms with E-state index in [0.29, 0.717) is 26.3 Å². The minimum absolute atomic E-state index is 0.0511. The number of hydrogen-bond acceptors (Lipinski definition) is 6. The first-order valence-corrected chi connectivity index (χ1v) is 9.29. The van der Waals surface area contributed by atoms with Crippen molar-refractivity contribution in [2.75, 3.05) is 38.6 Å². The van der Waals surface area contributed by atoms with Gasteiger partial charge in [0.1, 0.15) is 11.9 Å². The van der Waals surface area contributed by atoms with Gasteiger partial charge >= 0.3 is 12.1 Å². The Balaban J connectivity index is 2.06. The van der Waals surface area contributed by atoms with Gasteiger partial charge in [-0.2, -0.15) is 21.6 Å². The normalized spacial score (nSPS) is 17.7. The molecule has 1 saturated heterocycles. The average molecular weight is 397 g/mol. The molecule has 0 amide bonds. The maximum absolute atomic E-state index is 12.6. The van der Waals surface area contributed by atoms with Crippen LogP contribution < -0.4 is 0 Å². The van der Waals surface area contributed by atoms with E-state index in [1.165, 1.54) is 0 Å². The second-order valence-electron chi connectivity index (χ2n) is 5.76. The van der Waals surface area contributed by atoms with Crippen molar-refractivity contribution < 1.29 is 40.4 Å². The number of nitrogens with zero attached hydrogens (tertiary/aromatic N) is 1. The summed E-state index contributed by atoms with van der Waals surface area (Å²) in [5, 5.41) is 0. The summed E-state index contributed by atoms with van der Waals surface area (Å²) < 4.78 is 79.3. The van der Waals surface area contributed by atoms with Crippen molar-refractivity contribution in [2.24, 2.45) is 0 Å². The summed E-state index contributed by atoms with van der Waals surface area (Å²) in [6.07, 6.45) is -5.70. The summed E-state index contributed by atoms with van der Waals surface area (Å²) in [6.45, 7) is 1.92. The summed E-state index contributed by atoms with van der Waals surface area (Å²) in [4.78, 5) is 13.9. The van der Waals surface area contributed by atoms with Crippen molar-refractivity contribution in [1.29, 1.82) is 0 Å². The second kappa shape index (κ2) is 8.33. The highest BCUT2D eigenvalue weighted by Gasteiger charge is 2.31. The molecule has 0 aromatic heterocycles. The van der Waals surface area contributed by atoms with Crippen LogP contribution in [0.15, 0.2) is 24.3 Å². The molecule has 1 aliphatic heterocycles. The number of halogens is 3. The Bertz CT molecular complexity index is 714. The monoisotopic (exact) mass is 397 g/mol. The SMILES string of the molecule is O=C(OC(CN1CCOCC1)CS(=O)(=O)O)c1ccc(C(F)(F)F)cc1. The summed E-state index contributed by atoms with van der Waals surface area (Å²) >= 11 is 0. The fourth-order valence-corrected chi connectivity index (χ4v) is 3.09. The zero-order valence-corrected chi connectivity index (χ0v) is 14.4. The van der Waals surface area contributed by atoms with Crippen LogP contribution in [0.25, 0.3) is 0 Å². The highest BCUT2D eigenvalue weighted by molar-refractivity contribution is 7.85. The number of ether oxygens (including phenoxy) is 2. The van der Waals surface area contributed by atoms with Gasteiger partial charge in [0.2, 0.25) is 0 Å². The first-order valence-electron chi connectivity index (χ1n) is 7.68. The topological polar surface area (TPSA) is 93.1 Å². The zero-order chi connectivity index (χ0) is 19.4. The molecule has 1 aliphatic rings. The van der Waals surface area contributed by atoms with E-state index in [4.69, 9.17) is 14.0 Å². The van der Waals surface area contributed by atoms with Crippen LogP contribution in [-0.2, 0) is 25.8 Å². The molecule has 1 fully saturated rings. The Morgan fingerprint density at radius 2 is 1.81 bits per heavy atom. The van der Waals surface area contributed by atoms with Crippen LogP contribution in [0, 0.1) is 0 Å². The Labute approximate surface area is 148 Å². The summed E-state index contributed by atoms with van der Waals surface area (Å²) in [5.74, 6) is -1.78. The van der Waals surface area contributed by atoms with Crippen molar-refractivity contribution in [1.82, 2.24) is 4.90 Å². The first-order chi connectivity index (χ1) is 12.0. The van der Waals surface area contributed by atoms with Gasteiger partial charge in [0.05, 0.1) is 24.3 Å². The molecule has 1 N–H and O–H groups in total. The van der Waals surface area contributed by atoms with Crippen molar-refractivity contribution in [3.8, 4) is 0 Å². The van der Waals surface area contributed by atoms with E-state index in [2.05, 4.69) is 0 Å². The van der Waals surface area contributed by atoms with E-state index < -0.39 is 39.7 Å². The van der Waals surface area contributed by atoms with Gasteiger partial charge in [-0.25, -0.2) is 4.79 Å². The maximum Gasteiger partial charge on any atom is 0.416 e. The smallest absolute Gasteiger partial charge is 0.416 e. The number of hydrogen-bond donors (Lipinski definition) is 1. The second-order valence-corrected chi connectivity index (χ2v) is 7.26. The Hall–Kier alpha value is -1.69. The van der Waals surface area contributed by atoms with Gasteiger partial charge in [0.25, 0.3) is 10.1 Å². The van der Waals surface area contributed by atoms with Crippen molar-refractivity contribution >= 4 is 16.1 Å². The number of alkyl halides is 3. The van der Waals surface area contributed by atoms with E-state index in [1.54, 1.807) is 4.90 Å². The van der Waals surface area contributed by atoms with Crippen molar-refractivity contribution in [2.45, 2.75) is 12.3 Å². The zero-order valence-electron chi connectivity index (χ0n) is 13.6. The molecule has 0 spiro atoms. The van der Waals surface area contributed by atoms with Crippen LogP contribution in [0.5, 0.6) is 0 Å². The number of morpholine rings is 1. The molecule has 0 saturated carbocycles. The fraction of sp³-hybridized carbons (Fsp3) is 0.533. The van der Waals surface area contributed by atoms with Crippen LogP contribution in [-0.4, -0.2) is 68.5 Å². The third-order valence-corrected chi connectivity index (χ3v) is 4.48. The molecule has 1 aromatic rings. The molecule has 1 aromatic carbocycles. The number of carbonyl (C=O) groups is 1. The molecular formula is C15H18F3NO6S. The van der Waals surface area contributed by atoms with Crippen LogP contribution in [0.1, 0.15) is 15.9 Å². The van der Waals surface area contributed by atoms with Crippen LogP contribution in [0.3, 0.4) is 0 Å². The predicted molar refractivity (Wildman–Crippen MR) is 84.3 cm³/mol. The molecule has 1 unspecified atom stereocenters. The third-order valence-electron chi connectivity index (χ3n) is 3.68. The van der Waals surface area contributed by atoms with Gasteiger partial charge in [0.15, 0.2) is 0 Å². The lowest BCUT2D eigenvalue weighted by Crippen LogP contribution is -2.44. The van der Waals surface area contributed by atoms with Gasteiger partial charge in [-0.3, -0.25) is 9.45 Å². The van der Waals surface area contributed by atoms with Crippen molar-refractivity contribution in [3.63, 3.8) is 0 Å². The molecule has 11 heteroatoms. The summed E-state index contributed by atoms with van der Waals surface area (Å²) in [5.41, 5.74) is -1.07. The Morgan fingerprint density at radius 1 is 1.23 bits per heavy atom. The maximum atomic E-state index is 12.6. The Morgan fingerprint density at radius 3 is 2.31 bits per heavy atom. The van der Waals surface area contributed by atoms with Crippen LogP contribution >= 0.6 is 0 Å². The predicted octanol–water partition coefficient (Wildman–Crippen LogP) is 1.45.